The minimum Gasteiger partial charge on any atom is -0.202 e. The molecule has 0 radical (unpaired) electrons. The summed E-state index contributed by atoms with van der Waals surface area (Å²) in [6.07, 6.45) is 4.28. The van der Waals surface area contributed by atoms with Crippen LogP contribution in [0.5, 0.6) is 0 Å². The number of para-hydroxylation sites is 1. The first-order valence-electron chi connectivity index (χ1n) is 6.54. The van der Waals surface area contributed by atoms with Gasteiger partial charge in [0.25, 0.3) is 5.65 Å². The van der Waals surface area contributed by atoms with E-state index in [9.17, 15) is 0 Å². The van der Waals surface area contributed by atoms with Crippen molar-refractivity contribution in [1.82, 2.24) is 4.57 Å². The molecule has 0 unspecified atom stereocenters. The number of hydrogen-bond acceptors (Lipinski definition) is 1. The van der Waals surface area contributed by atoms with Gasteiger partial charge in [0.2, 0.25) is 0 Å². The van der Waals surface area contributed by atoms with E-state index in [1.54, 1.807) is 11.3 Å². The van der Waals surface area contributed by atoms with Crippen molar-refractivity contribution < 1.29 is 4.40 Å². The van der Waals surface area contributed by atoms with Crippen LogP contribution in [-0.2, 0) is 0 Å². The van der Waals surface area contributed by atoms with E-state index in [0.717, 1.165) is 0 Å². The summed E-state index contributed by atoms with van der Waals surface area (Å²) < 4.78 is 4.47. The number of aromatic nitrogens is 2. The first-order valence-corrected chi connectivity index (χ1v) is 7.42. The van der Waals surface area contributed by atoms with E-state index in [1.165, 1.54) is 21.9 Å². The summed E-state index contributed by atoms with van der Waals surface area (Å²) in [5.41, 5.74) is 3.57. The second kappa shape index (κ2) is 5.84. The molecule has 4 aromatic rings. The zero-order valence-corrected chi connectivity index (χ0v) is 13.7. The van der Waals surface area contributed by atoms with E-state index in [4.69, 9.17) is 0 Å². The highest BCUT2D eigenvalue weighted by molar-refractivity contribution is 8.93. The minimum atomic E-state index is 0. The lowest BCUT2D eigenvalue weighted by atomic mass is 10.3. The van der Waals surface area contributed by atoms with Crippen molar-refractivity contribution in [3.63, 3.8) is 0 Å². The van der Waals surface area contributed by atoms with Crippen LogP contribution in [0.1, 0.15) is 0 Å². The van der Waals surface area contributed by atoms with E-state index in [1.807, 2.05) is 6.07 Å². The van der Waals surface area contributed by atoms with Gasteiger partial charge in [-0.25, -0.2) is 4.40 Å². The normalized spacial score (nSPS) is 10.5. The largest absolute Gasteiger partial charge is 0.291 e. The van der Waals surface area contributed by atoms with Gasteiger partial charge in [0, 0.05) is 6.07 Å². The fraction of sp³-hybridized carbons (Fsp3) is 0. The maximum Gasteiger partial charge on any atom is 0.291 e. The number of nitrogens with zero attached hydrogens (tertiary/aromatic N) is 2. The Balaban J connectivity index is 0.00000132. The number of pyridine rings is 1. The van der Waals surface area contributed by atoms with Crippen molar-refractivity contribution in [2.24, 2.45) is 0 Å². The van der Waals surface area contributed by atoms with E-state index >= 15 is 0 Å². The lowest BCUT2D eigenvalue weighted by molar-refractivity contribution is -0.510. The Kier molecular flexibility index (Phi) is 3.90. The Morgan fingerprint density at radius 1 is 0.857 bits per heavy atom. The average molecular weight is 358 g/mol. The molecular formula is C17H14BrN2S+. The number of fused-ring (bicyclic) bond motifs is 1. The molecule has 0 aliphatic carbocycles. The number of rotatable bonds is 2. The molecule has 0 amide bonds. The summed E-state index contributed by atoms with van der Waals surface area (Å²) >= 11 is 1.77. The molecule has 1 aromatic carbocycles. The number of benzene rings is 1. The quantitative estimate of drug-likeness (QED) is 0.466. The summed E-state index contributed by atoms with van der Waals surface area (Å²) in [5.74, 6) is 0. The molecule has 4 rings (SSSR count). The van der Waals surface area contributed by atoms with Crippen LogP contribution < -0.4 is 4.40 Å². The molecule has 3 heterocycles. The summed E-state index contributed by atoms with van der Waals surface area (Å²) in [4.78, 5) is 1.28. The first kappa shape index (κ1) is 14.0. The summed E-state index contributed by atoms with van der Waals surface area (Å²) in [7, 11) is 0. The molecule has 0 aliphatic rings. The summed E-state index contributed by atoms with van der Waals surface area (Å²) in [6.45, 7) is 0. The molecule has 4 heteroatoms. The molecule has 0 spiro atoms. The topological polar surface area (TPSA) is 9.03 Å². The average Bonchev–Trinajstić information content (AvgIpc) is 3.15. The fourth-order valence-corrected chi connectivity index (χ4v) is 3.23. The van der Waals surface area contributed by atoms with Crippen LogP contribution in [0.2, 0.25) is 0 Å². The Morgan fingerprint density at radius 3 is 2.43 bits per heavy atom. The first-order chi connectivity index (χ1) is 9.93. The number of hydrogen-bond donors (Lipinski definition) is 0. The van der Waals surface area contributed by atoms with Gasteiger partial charge < -0.3 is 0 Å². The van der Waals surface area contributed by atoms with Gasteiger partial charge in [-0.1, -0.05) is 30.3 Å². The van der Waals surface area contributed by atoms with E-state index < -0.39 is 0 Å². The molecule has 2 nitrogen and oxygen atoms in total. The highest BCUT2D eigenvalue weighted by Crippen LogP contribution is 2.28. The van der Waals surface area contributed by atoms with Crippen LogP contribution in [-0.4, -0.2) is 4.57 Å². The smallest absolute Gasteiger partial charge is 0.202 e. The van der Waals surface area contributed by atoms with Crippen LogP contribution in [0.3, 0.4) is 0 Å². The molecule has 0 N–H and O–H groups in total. The second-order valence-electron chi connectivity index (χ2n) is 4.63. The Hall–Kier alpha value is -1.91. The standard InChI is InChI=1S/C17H13N2S.BrH/c1-2-7-14(8-3-1)19-15(16-9-6-12-20-16)13-18-11-5-4-10-17(18)19;/h1-13H;1H/q+1;. The molecular weight excluding hydrogens is 344 g/mol. The van der Waals surface area contributed by atoms with Crippen LogP contribution in [0.25, 0.3) is 21.9 Å². The van der Waals surface area contributed by atoms with Crippen molar-refractivity contribution in [2.45, 2.75) is 0 Å². The lowest BCUT2D eigenvalue weighted by Gasteiger charge is -2.00. The fourth-order valence-electron chi connectivity index (χ4n) is 2.51. The lowest BCUT2D eigenvalue weighted by Crippen LogP contribution is -2.17. The van der Waals surface area contributed by atoms with Gasteiger partial charge in [-0.3, -0.25) is 0 Å². The van der Waals surface area contributed by atoms with E-state index in [2.05, 4.69) is 81.3 Å². The molecule has 0 saturated carbocycles. The van der Waals surface area contributed by atoms with Crippen molar-refractivity contribution in [2.75, 3.05) is 0 Å². The zero-order chi connectivity index (χ0) is 13.4. The van der Waals surface area contributed by atoms with Crippen LogP contribution in [0, 0.1) is 0 Å². The number of imidazole rings is 1. The Bertz CT molecular complexity index is 851. The highest BCUT2D eigenvalue weighted by Gasteiger charge is 2.20. The van der Waals surface area contributed by atoms with E-state index in [0.29, 0.717) is 0 Å². The predicted octanol–water partition coefficient (Wildman–Crippen LogP) is 4.52. The molecule has 0 bridgehead atoms. The molecule has 3 aromatic heterocycles. The van der Waals surface area contributed by atoms with Gasteiger partial charge in [-0.15, -0.1) is 28.3 Å². The van der Waals surface area contributed by atoms with Crippen molar-refractivity contribution in [1.29, 1.82) is 0 Å². The van der Waals surface area contributed by atoms with Crippen molar-refractivity contribution in [3.8, 4) is 16.3 Å². The molecule has 21 heavy (non-hydrogen) atoms. The van der Waals surface area contributed by atoms with Crippen molar-refractivity contribution in [3.05, 3.63) is 78.4 Å². The molecule has 0 aliphatic heterocycles. The van der Waals surface area contributed by atoms with Crippen LogP contribution in [0.15, 0.2) is 78.4 Å². The zero-order valence-electron chi connectivity index (χ0n) is 11.2. The summed E-state index contributed by atoms with van der Waals surface area (Å²) in [6, 6.07) is 21.0. The molecule has 0 saturated heterocycles. The van der Waals surface area contributed by atoms with Gasteiger partial charge in [0.15, 0.2) is 5.69 Å². The highest BCUT2D eigenvalue weighted by atomic mass is 79.9. The van der Waals surface area contributed by atoms with Gasteiger partial charge in [0.05, 0.1) is 11.1 Å². The van der Waals surface area contributed by atoms with Crippen LogP contribution >= 0.6 is 28.3 Å². The maximum atomic E-state index is 2.30. The maximum absolute atomic E-state index is 2.30. The third kappa shape index (κ3) is 2.41. The second-order valence-corrected chi connectivity index (χ2v) is 5.58. The minimum absolute atomic E-state index is 0. The van der Waals surface area contributed by atoms with Gasteiger partial charge >= 0.3 is 0 Å². The van der Waals surface area contributed by atoms with Gasteiger partial charge in [-0.05, 0) is 29.6 Å². The number of thiophene rings is 1. The van der Waals surface area contributed by atoms with Crippen molar-refractivity contribution >= 4 is 34.0 Å². The summed E-state index contributed by atoms with van der Waals surface area (Å²) in [5, 5.41) is 2.12. The van der Waals surface area contributed by atoms with Crippen LogP contribution in [0.4, 0.5) is 0 Å². The molecule has 104 valence electrons. The van der Waals surface area contributed by atoms with Gasteiger partial charge in [-0.2, -0.15) is 4.57 Å². The Morgan fingerprint density at radius 2 is 1.67 bits per heavy atom. The predicted molar refractivity (Wildman–Crippen MR) is 92.6 cm³/mol. The van der Waals surface area contributed by atoms with Gasteiger partial charge in [0.1, 0.15) is 11.9 Å². The number of halogens is 1. The molecule has 0 atom stereocenters. The van der Waals surface area contributed by atoms with E-state index in [-0.39, 0.29) is 17.0 Å². The Labute approximate surface area is 137 Å². The monoisotopic (exact) mass is 357 g/mol. The SMILES string of the molecule is Br.c1ccc(-n2c(-c3cccs3)c[n+]3ccccc23)cc1. The third-order valence-electron chi connectivity index (χ3n) is 3.39. The third-order valence-corrected chi connectivity index (χ3v) is 4.28. The molecule has 0 fully saturated rings.